The van der Waals surface area contributed by atoms with E-state index in [0.29, 0.717) is 26.2 Å². The Morgan fingerprint density at radius 3 is 2.63 bits per heavy atom. The first kappa shape index (κ1) is 19.5. The zero-order valence-electron chi connectivity index (χ0n) is 15.7. The zero-order valence-corrected chi connectivity index (χ0v) is 16.5. The van der Waals surface area contributed by atoms with Gasteiger partial charge < -0.3 is 15.2 Å². The highest BCUT2D eigenvalue weighted by molar-refractivity contribution is 7.97. The van der Waals surface area contributed by atoms with Gasteiger partial charge in [0.25, 0.3) is 0 Å². The summed E-state index contributed by atoms with van der Waals surface area (Å²) in [4.78, 5) is 19.8. The molecular formula is C21H26N4OS. The van der Waals surface area contributed by atoms with Crippen LogP contribution in [-0.4, -0.2) is 39.7 Å². The lowest BCUT2D eigenvalue weighted by Gasteiger charge is -2.23. The molecule has 0 aliphatic rings. The van der Waals surface area contributed by atoms with Gasteiger partial charge in [0, 0.05) is 13.1 Å². The van der Waals surface area contributed by atoms with Gasteiger partial charge in [0.2, 0.25) is 5.91 Å². The molecule has 0 fully saturated rings. The summed E-state index contributed by atoms with van der Waals surface area (Å²) < 4.78 is 2.05. The Hall–Kier alpha value is -2.31. The second-order valence-corrected chi connectivity index (χ2v) is 7.35. The number of benzene rings is 2. The van der Waals surface area contributed by atoms with Gasteiger partial charge in [-0.15, -0.1) is 0 Å². The van der Waals surface area contributed by atoms with Gasteiger partial charge in [-0.25, -0.2) is 4.98 Å². The number of imidazole rings is 1. The number of hydrogen-bond acceptors (Lipinski definition) is 4. The molecule has 142 valence electrons. The van der Waals surface area contributed by atoms with Crippen LogP contribution >= 0.6 is 11.8 Å². The van der Waals surface area contributed by atoms with E-state index in [1.807, 2.05) is 47.4 Å². The molecule has 0 bridgehead atoms. The Kier molecular flexibility index (Phi) is 6.90. The lowest BCUT2D eigenvalue weighted by Crippen LogP contribution is -2.35. The maximum atomic E-state index is 13.2. The Labute approximate surface area is 164 Å². The minimum absolute atomic E-state index is 0.0952. The van der Waals surface area contributed by atoms with Crippen molar-refractivity contribution < 1.29 is 4.79 Å². The third-order valence-corrected chi connectivity index (χ3v) is 5.05. The van der Waals surface area contributed by atoms with E-state index in [2.05, 4.69) is 23.0 Å². The van der Waals surface area contributed by atoms with Crippen LogP contribution in [0.2, 0.25) is 0 Å². The number of carbonyl (C=O) groups excluding carboxylic acids is 1. The maximum Gasteiger partial charge on any atom is 0.242 e. The fraction of sp³-hybridized carbons (Fsp3) is 0.333. The van der Waals surface area contributed by atoms with E-state index in [-0.39, 0.29) is 5.91 Å². The molecule has 0 unspecified atom stereocenters. The predicted octanol–water partition coefficient (Wildman–Crippen LogP) is 3.28. The molecule has 27 heavy (non-hydrogen) atoms. The highest BCUT2D eigenvalue weighted by Crippen LogP contribution is 2.19. The topological polar surface area (TPSA) is 64.2 Å². The molecule has 0 saturated carbocycles. The van der Waals surface area contributed by atoms with Gasteiger partial charge in [-0.2, -0.15) is 11.8 Å². The molecule has 2 aromatic carbocycles. The number of carbonyl (C=O) groups is 1. The quantitative estimate of drug-likeness (QED) is 0.617. The number of amides is 1. The van der Waals surface area contributed by atoms with Crippen molar-refractivity contribution in [1.29, 1.82) is 0 Å². The van der Waals surface area contributed by atoms with Crippen LogP contribution in [0.4, 0.5) is 0 Å². The van der Waals surface area contributed by atoms with Crippen molar-refractivity contribution in [3.8, 4) is 0 Å². The van der Waals surface area contributed by atoms with Crippen molar-refractivity contribution in [2.75, 3.05) is 19.3 Å². The summed E-state index contributed by atoms with van der Waals surface area (Å²) in [5.41, 5.74) is 8.76. The van der Waals surface area contributed by atoms with Gasteiger partial charge in [-0.05, 0) is 36.9 Å². The molecule has 3 rings (SSSR count). The average molecular weight is 383 g/mol. The van der Waals surface area contributed by atoms with Crippen molar-refractivity contribution in [3.63, 3.8) is 0 Å². The monoisotopic (exact) mass is 382 g/mol. The van der Waals surface area contributed by atoms with Gasteiger partial charge in [-0.1, -0.05) is 42.5 Å². The van der Waals surface area contributed by atoms with Gasteiger partial charge in [0.15, 0.2) is 0 Å². The fourth-order valence-electron chi connectivity index (χ4n) is 3.15. The van der Waals surface area contributed by atoms with Crippen molar-refractivity contribution in [2.24, 2.45) is 5.73 Å². The number of nitrogens with two attached hydrogens (primary N) is 1. The van der Waals surface area contributed by atoms with E-state index >= 15 is 0 Å². The van der Waals surface area contributed by atoms with Crippen molar-refractivity contribution >= 4 is 28.7 Å². The van der Waals surface area contributed by atoms with Crippen LogP contribution in [0.5, 0.6) is 0 Å². The van der Waals surface area contributed by atoms with E-state index in [4.69, 9.17) is 10.7 Å². The standard InChI is InChI=1S/C21H26N4OS/c1-27-16-20-23-18-10-5-6-11-19(18)25(20)15-21(26)24(13-7-12-22)14-17-8-3-2-4-9-17/h2-6,8-11H,7,12-16,22H2,1H3. The summed E-state index contributed by atoms with van der Waals surface area (Å²) in [7, 11) is 0. The van der Waals surface area contributed by atoms with Crippen molar-refractivity contribution in [2.45, 2.75) is 25.3 Å². The molecule has 6 heteroatoms. The lowest BCUT2D eigenvalue weighted by molar-refractivity contribution is -0.132. The summed E-state index contributed by atoms with van der Waals surface area (Å²) in [5.74, 6) is 1.82. The first-order chi connectivity index (χ1) is 13.2. The first-order valence-electron chi connectivity index (χ1n) is 9.17. The fourth-order valence-corrected chi connectivity index (χ4v) is 3.63. The Morgan fingerprint density at radius 1 is 1.15 bits per heavy atom. The largest absolute Gasteiger partial charge is 0.337 e. The van der Waals surface area contributed by atoms with Crippen LogP contribution in [0.3, 0.4) is 0 Å². The second kappa shape index (κ2) is 9.58. The van der Waals surface area contributed by atoms with E-state index in [1.165, 1.54) is 0 Å². The smallest absolute Gasteiger partial charge is 0.242 e. The van der Waals surface area contributed by atoms with Gasteiger partial charge in [-0.3, -0.25) is 4.79 Å². The summed E-state index contributed by atoms with van der Waals surface area (Å²) >= 11 is 1.71. The zero-order chi connectivity index (χ0) is 19.1. The molecule has 1 aromatic heterocycles. The number of fused-ring (bicyclic) bond motifs is 1. The molecule has 5 nitrogen and oxygen atoms in total. The van der Waals surface area contributed by atoms with Crippen molar-refractivity contribution in [1.82, 2.24) is 14.5 Å². The van der Waals surface area contributed by atoms with E-state index < -0.39 is 0 Å². The van der Waals surface area contributed by atoms with E-state index in [0.717, 1.165) is 34.6 Å². The number of thioether (sulfide) groups is 1. The highest BCUT2D eigenvalue weighted by atomic mass is 32.2. The third kappa shape index (κ3) is 4.90. The van der Waals surface area contributed by atoms with E-state index in [1.54, 1.807) is 11.8 Å². The molecule has 0 aliphatic heterocycles. The second-order valence-electron chi connectivity index (χ2n) is 6.48. The molecule has 1 heterocycles. The summed E-state index contributed by atoms with van der Waals surface area (Å²) in [6.07, 6.45) is 2.84. The van der Waals surface area contributed by atoms with Crippen LogP contribution in [0.25, 0.3) is 11.0 Å². The molecule has 1 amide bonds. The summed E-state index contributed by atoms with van der Waals surface area (Å²) in [6.45, 7) is 2.14. The van der Waals surface area contributed by atoms with Crippen LogP contribution in [0, 0.1) is 0 Å². The number of para-hydroxylation sites is 2. The Balaban J connectivity index is 1.84. The number of aromatic nitrogens is 2. The molecule has 2 N–H and O–H groups in total. The van der Waals surface area contributed by atoms with Crippen LogP contribution in [0.1, 0.15) is 17.8 Å². The normalized spacial score (nSPS) is 11.0. The number of rotatable bonds is 9. The highest BCUT2D eigenvalue weighted by Gasteiger charge is 2.18. The first-order valence-corrected chi connectivity index (χ1v) is 10.6. The molecule has 3 aromatic rings. The van der Waals surface area contributed by atoms with E-state index in [9.17, 15) is 4.79 Å². The average Bonchev–Trinajstić information content (AvgIpc) is 3.03. The summed E-state index contributed by atoms with van der Waals surface area (Å²) in [5, 5.41) is 0. The number of hydrogen-bond donors (Lipinski definition) is 1. The molecule has 0 saturated heterocycles. The van der Waals surface area contributed by atoms with Crippen LogP contribution in [-0.2, 0) is 23.6 Å². The number of nitrogens with zero attached hydrogens (tertiary/aromatic N) is 3. The molecule has 0 radical (unpaired) electrons. The third-order valence-electron chi connectivity index (χ3n) is 4.50. The predicted molar refractivity (Wildman–Crippen MR) is 112 cm³/mol. The van der Waals surface area contributed by atoms with Gasteiger partial charge >= 0.3 is 0 Å². The molecular weight excluding hydrogens is 356 g/mol. The van der Waals surface area contributed by atoms with Crippen LogP contribution < -0.4 is 5.73 Å². The molecule has 0 atom stereocenters. The summed E-state index contributed by atoms with van der Waals surface area (Å²) in [6, 6.07) is 18.1. The van der Waals surface area contributed by atoms with Gasteiger partial charge in [0.1, 0.15) is 12.4 Å². The maximum absolute atomic E-state index is 13.2. The van der Waals surface area contributed by atoms with Crippen molar-refractivity contribution in [3.05, 3.63) is 66.0 Å². The Bertz CT molecular complexity index is 878. The van der Waals surface area contributed by atoms with Crippen LogP contribution in [0.15, 0.2) is 54.6 Å². The lowest BCUT2D eigenvalue weighted by atomic mass is 10.2. The molecule has 0 aliphatic carbocycles. The minimum Gasteiger partial charge on any atom is -0.337 e. The minimum atomic E-state index is 0.0952. The van der Waals surface area contributed by atoms with Gasteiger partial charge in [0.05, 0.1) is 16.8 Å². The Morgan fingerprint density at radius 2 is 1.89 bits per heavy atom. The SMILES string of the molecule is CSCc1nc2ccccc2n1CC(=O)N(CCCN)Cc1ccccc1. The molecule has 0 spiro atoms.